The van der Waals surface area contributed by atoms with E-state index in [0.717, 1.165) is 16.7 Å². The van der Waals surface area contributed by atoms with E-state index in [1.165, 1.54) is 4.90 Å². The summed E-state index contributed by atoms with van der Waals surface area (Å²) in [5.41, 5.74) is 0.598. The summed E-state index contributed by atoms with van der Waals surface area (Å²) in [7, 11) is 0. The van der Waals surface area contributed by atoms with Crippen molar-refractivity contribution in [2.75, 3.05) is 12.3 Å². The number of hydrogen-bond acceptors (Lipinski definition) is 5. The van der Waals surface area contributed by atoms with E-state index >= 15 is 0 Å². The molecule has 2 aromatic rings. The summed E-state index contributed by atoms with van der Waals surface area (Å²) in [6.07, 6.45) is 0.420. The standard InChI is InChI=1S/C22H23NO4S2/c1-15(14-28-22(27)16-8-4-2-5-9-16)20(24)23-13-18(12-19(23)21(25)26)29-17-10-6-3-7-11-17/h2-11,15,18-19H,12-14H2,1H3,(H,25,26)/t15-,18-,19-/m0/s1. The molecule has 7 heteroatoms. The molecule has 0 aromatic heterocycles. The smallest absolute Gasteiger partial charge is 0.326 e. The maximum absolute atomic E-state index is 12.9. The van der Waals surface area contributed by atoms with Gasteiger partial charge in [-0.1, -0.05) is 67.2 Å². The normalized spacial score (nSPS) is 19.7. The van der Waals surface area contributed by atoms with Gasteiger partial charge >= 0.3 is 5.97 Å². The Bertz CT molecular complexity index is 860. The SMILES string of the molecule is C[C@@H](CSC(=O)c1ccccc1)C(=O)N1C[C@@H](Sc2ccccc2)C[C@H]1C(=O)O. The first kappa shape index (κ1) is 21.5. The van der Waals surface area contributed by atoms with E-state index in [1.807, 2.05) is 36.4 Å². The van der Waals surface area contributed by atoms with E-state index in [2.05, 4.69) is 0 Å². The van der Waals surface area contributed by atoms with Crippen molar-refractivity contribution in [2.24, 2.45) is 5.92 Å². The minimum absolute atomic E-state index is 0.0354. The summed E-state index contributed by atoms with van der Waals surface area (Å²) < 4.78 is 0. The van der Waals surface area contributed by atoms with Crippen LogP contribution in [0.1, 0.15) is 23.7 Å². The van der Waals surface area contributed by atoms with Gasteiger partial charge in [0.1, 0.15) is 6.04 Å². The molecule has 1 saturated heterocycles. The first-order valence-corrected chi connectivity index (χ1v) is 11.3. The minimum Gasteiger partial charge on any atom is -0.480 e. The van der Waals surface area contributed by atoms with Crippen LogP contribution in [0.3, 0.4) is 0 Å². The lowest BCUT2D eigenvalue weighted by atomic mass is 10.1. The first-order valence-electron chi connectivity index (χ1n) is 9.43. The highest BCUT2D eigenvalue weighted by molar-refractivity contribution is 8.14. The molecule has 3 atom stereocenters. The van der Waals surface area contributed by atoms with Crippen LogP contribution in [0.5, 0.6) is 0 Å². The lowest BCUT2D eigenvalue weighted by Crippen LogP contribution is -2.43. The fourth-order valence-electron chi connectivity index (χ4n) is 3.26. The molecule has 0 radical (unpaired) electrons. The predicted molar refractivity (Wildman–Crippen MR) is 116 cm³/mol. The number of benzene rings is 2. The number of nitrogens with zero attached hydrogens (tertiary/aromatic N) is 1. The van der Waals surface area contributed by atoms with Crippen LogP contribution in [0, 0.1) is 5.92 Å². The first-order chi connectivity index (χ1) is 14.0. The zero-order valence-corrected chi connectivity index (χ0v) is 17.7. The molecule has 1 fully saturated rings. The molecule has 2 aromatic carbocycles. The van der Waals surface area contributed by atoms with Gasteiger partial charge in [-0.25, -0.2) is 4.79 Å². The molecule has 0 unspecified atom stereocenters. The molecule has 1 N–H and O–H groups in total. The Hall–Kier alpha value is -2.25. The molecular weight excluding hydrogens is 406 g/mol. The quantitative estimate of drug-likeness (QED) is 0.716. The summed E-state index contributed by atoms with van der Waals surface area (Å²) in [5, 5.41) is 9.55. The third-order valence-electron chi connectivity index (χ3n) is 4.77. The zero-order chi connectivity index (χ0) is 20.8. The third-order valence-corrected chi connectivity index (χ3v) is 7.16. The van der Waals surface area contributed by atoms with Crippen LogP contribution in [-0.4, -0.2) is 50.6 Å². The van der Waals surface area contributed by atoms with Gasteiger partial charge in [-0.3, -0.25) is 9.59 Å². The van der Waals surface area contributed by atoms with Gasteiger partial charge in [-0.05, 0) is 18.6 Å². The van der Waals surface area contributed by atoms with E-state index in [-0.39, 0.29) is 16.3 Å². The van der Waals surface area contributed by atoms with Gasteiger partial charge in [0, 0.05) is 33.9 Å². The Kier molecular flexibility index (Phi) is 7.39. The summed E-state index contributed by atoms with van der Waals surface area (Å²) in [4.78, 5) is 39.5. The number of likely N-dealkylation sites (tertiary alicyclic amines) is 1. The second-order valence-electron chi connectivity index (χ2n) is 7.00. The highest BCUT2D eigenvalue weighted by atomic mass is 32.2. The largest absolute Gasteiger partial charge is 0.480 e. The van der Waals surface area contributed by atoms with Crippen molar-refractivity contribution in [3.05, 3.63) is 66.2 Å². The average Bonchev–Trinajstić information content (AvgIpc) is 3.16. The topological polar surface area (TPSA) is 74.7 Å². The van der Waals surface area contributed by atoms with E-state index < -0.39 is 17.9 Å². The van der Waals surface area contributed by atoms with Crippen LogP contribution in [0.15, 0.2) is 65.6 Å². The van der Waals surface area contributed by atoms with Crippen LogP contribution in [0.25, 0.3) is 0 Å². The Morgan fingerprint density at radius 2 is 1.69 bits per heavy atom. The Balaban J connectivity index is 1.59. The minimum atomic E-state index is -0.977. The van der Waals surface area contributed by atoms with Gasteiger partial charge in [-0.2, -0.15) is 0 Å². The number of rotatable bonds is 7. The molecule has 5 nitrogen and oxygen atoms in total. The number of aliphatic carboxylic acids is 1. The molecule has 0 bridgehead atoms. The Morgan fingerprint density at radius 1 is 1.07 bits per heavy atom. The molecule has 0 saturated carbocycles. The lowest BCUT2D eigenvalue weighted by molar-refractivity contribution is -0.149. The highest BCUT2D eigenvalue weighted by Crippen LogP contribution is 2.34. The maximum Gasteiger partial charge on any atom is 0.326 e. The van der Waals surface area contributed by atoms with Crippen LogP contribution < -0.4 is 0 Å². The van der Waals surface area contributed by atoms with Gasteiger partial charge in [0.15, 0.2) is 0 Å². The monoisotopic (exact) mass is 429 g/mol. The molecule has 3 rings (SSSR count). The van der Waals surface area contributed by atoms with Gasteiger partial charge < -0.3 is 10.0 Å². The van der Waals surface area contributed by atoms with Gasteiger partial charge in [-0.15, -0.1) is 11.8 Å². The molecule has 0 spiro atoms. The van der Waals surface area contributed by atoms with E-state index in [4.69, 9.17) is 0 Å². The number of amides is 1. The molecule has 152 valence electrons. The Morgan fingerprint density at radius 3 is 2.31 bits per heavy atom. The van der Waals surface area contributed by atoms with Crippen molar-refractivity contribution in [2.45, 2.75) is 29.5 Å². The third kappa shape index (κ3) is 5.64. The van der Waals surface area contributed by atoms with Crippen molar-refractivity contribution < 1.29 is 19.5 Å². The zero-order valence-electron chi connectivity index (χ0n) is 16.1. The fourth-order valence-corrected chi connectivity index (χ4v) is 5.32. The maximum atomic E-state index is 12.9. The van der Waals surface area contributed by atoms with Crippen LogP contribution in [0.2, 0.25) is 0 Å². The second kappa shape index (κ2) is 9.98. The number of carbonyl (C=O) groups excluding carboxylic acids is 2. The van der Waals surface area contributed by atoms with Crippen LogP contribution >= 0.6 is 23.5 Å². The predicted octanol–water partition coefficient (Wildman–Crippen LogP) is 4.04. The van der Waals surface area contributed by atoms with Gasteiger partial charge in [0.05, 0.1) is 0 Å². The molecule has 1 amide bonds. The van der Waals surface area contributed by atoms with Crippen molar-refractivity contribution in [3.8, 4) is 0 Å². The molecule has 29 heavy (non-hydrogen) atoms. The Labute approximate surface area is 178 Å². The average molecular weight is 430 g/mol. The summed E-state index contributed by atoms with van der Waals surface area (Å²) in [6, 6.07) is 17.9. The molecule has 1 aliphatic rings. The van der Waals surface area contributed by atoms with Crippen LogP contribution in [0.4, 0.5) is 0 Å². The van der Waals surface area contributed by atoms with E-state index in [9.17, 15) is 19.5 Å². The second-order valence-corrected chi connectivity index (χ2v) is 9.37. The lowest BCUT2D eigenvalue weighted by Gasteiger charge is -2.24. The van der Waals surface area contributed by atoms with E-state index in [1.54, 1.807) is 43.0 Å². The van der Waals surface area contributed by atoms with Crippen molar-refractivity contribution in [3.63, 3.8) is 0 Å². The van der Waals surface area contributed by atoms with Crippen molar-refractivity contribution in [1.29, 1.82) is 0 Å². The summed E-state index contributed by atoms with van der Waals surface area (Å²) in [6.45, 7) is 2.15. The number of hydrogen-bond donors (Lipinski definition) is 1. The van der Waals surface area contributed by atoms with Crippen molar-refractivity contribution in [1.82, 2.24) is 4.90 Å². The molecule has 1 heterocycles. The van der Waals surface area contributed by atoms with Gasteiger partial charge in [0.2, 0.25) is 11.0 Å². The number of carboxylic acids is 1. The number of thioether (sulfide) groups is 2. The molecule has 0 aliphatic carbocycles. The number of carboxylic acid groups (broad SMARTS) is 1. The fraction of sp³-hybridized carbons (Fsp3) is 0.318. The van der Waals surface area contributed by atoms with Crippen LogP contribution in [-0.2, 0) is 9.59 Å². The number of carbonyl (C=O) groups is 3. The summed E-state index contributed by atoms with van der Waals surface area (Å²) in [5.74, 6) is -1.29. The highest BCUT2D eigenvalue weighted by Gasteiger charge is 2.41. The summed E-state index contributed by atoms with van der Waals surface area (Å²) >= 11 is 2.70. The van der Waals surface area contributed by atoms with Crippen molar-refractivity contribution >= 4 is 40.5 Å². The molecular formula is C22H23NO4S2. The van der Waals surface area contributed by atoms with E-state index in [0.29, 0.717) is 24.3 Å². The van der Waals surface area contributed by atoms with Gasteiger partial charge in [0.25, 0.3) is 0 Å². The molecule has 1 aliphatic heterocycles.